The Morgan fingerprint density at radius 2 is 1.81 bits per heavy atom. The number of anilines is 1. The van der Waals surface area contributed by atoms with E-state index in [1.807, 2.05) is 48.5 Å². The maximum Gasteiger partial charge on any atom is 0.266 e. The SMILES string of the molecule is N#C/C(=C\c1ccc2c(c1)OCO2)C(=O)Nc1ccc2ccccc2c1. The maximum absolute atomic E-state index is 12.5. The molecule has 1 heterocycles. The zero-order valence-corrected chi connectivity index (χ0v) is 13.7. The molecular formula is C21H14N2O3. The standard InChI is InChI=1S/C21H14N2O3/c22-12-17(9-14-5-8-19-20(10-14)26-13-25-19)21(24)23-18-7-6-15-3-1-2-4-16(15)11-18/h1-11H,13H2,(H,23,24)/b17-9+. The highest BCUT2D eigenvalue weighted by atomic mass is 16.7. The van der Waals surface area contributed by atoms with Crippen molar-refractivity contribution in [2.45, 2.75) is 0 Å². The molecule has 5 heteroatoms. The first-order valence-corrected chi connectivity index (χ1v) is 8.04. The molecule has 1 amide bonds. The quantitative estimate of drug-likeness (QED) is 0.574. The van der Waals surface area contributed by atoms with Crippen LogP contribution in [0.1, 0.15) is 5.56 Å². The van der Waals surface area contributed by atoms with Gasteiger partial charge in [-0.3, -0.25) is 4.79 Å². The molecule has 0 spiro atoms. The van der Waals surface area contributed by atoms with Crippen molar-refractivity contribution >= 4 is 28.4 Å². The topological polar surface area (TPSA) is 71.3 Å². The lowest BCUT2D eigenvalue weighted by atomic mass is 10.1. The summed E-state index contributed by atoms with van der Waals surface area (Å²) in [6.07, 6.45) is 1.53. The molecule has 1 aliphatic heterocycles. The van der Waals surface area contributed by atoms with Crippen molar-refractivity contribution in [2.24, 2.45) is 0 Å². The summed E-state index contributed by atoms with van der Waals surface area (Å²) < 4.78 is 10.6. The maximum atomic E-state index is 12.5. The van der Waals surface area contributed by atoms with E-state index < -0.39 is 5.91 Å². The molecule has 0 aliphatic carbocycles. The monoisotopic (exact) mass is 342 g/mol. The molecule has 0 saturated carbocycles. The Labute approximate surface area is 150 Å². The van der Waals surface area contributed by atoms with Crippen molar-refractivity contribution in [2.75, 3.05) is 12.1 Å². The molecule has 3 aromatic carbocycles. The average molecular weight is 342 g/mol. The van der Waals surface area contributed by atoms with E-state index in [4.69, 9.17) is 9.47 Å². The summed E-state index contributed by atoms with van der Waals surface area (Å²) in [7, 11) is 0. The number of benzene rings is 3. The van der Waals surface area contributed by atoms with E-state index >= 15 is 0 Å². The second kappa shape index (κ2) is 6.61. The van der Waals surface area contributed by atoms with Gasteiger partial charge in [-0.2, -0.15) is 5.26 Å². The molecule has 126 valence electrons. The minimum absolute atomic E-state index is 0.0111. The molecule has 5 nitrogen and oxygen atoms in total. The van der Waals surface area contributed by atoms with Crippen LogP contribution in [0.25, 0.3) is 16.8 Å². The minimum Gasteiger partial charge on any atom is -0.454 e. The summed E-state index contributed by atoms with van der Waals surface area (Å²) >= 11 is 0. The van der Waals surface area contributed by atoms with Gasteiger partial charge in [-0.05, 0) is 46.7 Å². The van der Waals surface area contributed by atoms with E-state index in [2.05, 4.69) is 5.32 Å². The second-order valence-corrected chi connectivity index (χ2v) is 5.80. The normalized spacial score (nSPS) is 12.7. The Morgan fingerprint density at radius 3 is 2.65 bits per heavy atom. The molecule has 26 heavy (non-hydrogen) atoms. The number of rotatable bonds is 3. The summed E-state index contributed by atoms with van der Waals surface area (Å²) in [5.74, 6) is 0.799. The van der Waals surface area contributed by atoms with Crippen LogP contribution in [0.4, 0.5) is 5.69 Å². The van der Waals surface area contributed by atoms with Crippen molar-refractivity contribution in [3.63, 3.8) is 0 Å². The van der Waals surface area contributed by atoms with Crippen LogP contribution in [-0.4, -0.2) is 12.7 Å². The Kier molecular flexibility index (Phi) is 4.00. The molecule has 0 saturated heterocycles. The zero-order chi connectivity index (χ0) is 17.9. The van der Waals surface area contributed by atoms with Crippen LogP contribution < -0.4 is 14.8 Å². The van der Waals surface area contributed by atoms with Crippen molar-refractivity contribution in [3.05, 3.63) is 71.8 Å². The van der Waals surface area contributed by atoms with Crippen LogP contribution >= 0.6 is 0 Å². The number of nitriles is 1. The van der Waals surface area contributed by atoms with E-state index in [-0.39, 0.29) is 12.4 Å². The predicted octanol–water partition coefficient (Wildman–Crippen LogP) is 4.11. The average Bonchev–Trinajstić information content (AvgIpc) is 3.13. The summed E-state index contributed by atoms with van der Waals surface area (Å²) in [6, 6.07) is 20.7. The lowest BCUT2D eigenvalue weighted by molar-refractivity contribution is -0.112. The minimum atomic E-state index is -0.458. The highest BCUT2D eigenvalue weighted by Crippen LogP contribution is 2.33. The largest absolute Gasteiger partial charge is 0.454 e. The summed E-state index contributed by atoms with van der Waals surface area (Å²) in [5, 5.41) is 14.2. The third-order valence-corrected chi connectivity index (χ3v) is 4.08. The molecule has 1 aliphatic rings. The first-order valence-electron chi connectivity index (χ1n) is 8.04. The van der Waals surface area contributed by atoms with Crippen LogP contribution in [0.15, 0.2) is 66.2 Å². The number of fused-ring (bicyclic) bond motifs is 2. The van der Waals surface area contributed by atoms with E-state index in [0.29, 0.717) is 22.7 Å². The molecule has 0 radical (unpaired) electrons. The van der Waals surface area contributed by atoms with Crippen molar-refractivity contribution in [1.29, 1.82) is 5.26 Å². The molecule has 0 bridgehead atoms. The molecule has 3 aromatic rings. The Bertz CT molecular complexity index is 1080. The Morgan fingerprint density at radius 1 is 1.00 bits per heavy atom. The molecule has 0 atom stereocenters. The molecular weight excluding hydrogens is 328 g/mol. The molecule has 0 unspecified atom stereocenters. The van der Waals surface area contributed by atoms with E-state index in [9.17, 15) is 10.1 Å². The number of amides is 1. The van der Waals surface area contributed by atoms with E-state index in [1.165, 1.54) is 6.08 Å². The number of hydrogen-bond donors (Lipinski definition) is 1. The van der Waals surface area contributed by atoms with Crippen molar-refractivity contribution in [1.82, 2.24) is 0 Å². The number of nitrogens with one attached hydrogen (secondary N) is 1. The van der Waals surface area contributed by atoms with E-state index in [0.717, 1.165) is 10.8 Å². The Hall–Kier alpha value is -3.78. The van der Waals surface area contributed by atoms with Gasteiger partial charge in [0.1, 0.15) is 11.6 Å². The predicted molar refractivity (Wildman–Crippen MR) is 98.7 cm³/mol. The number of carbonyl (C=O) groups is 1. The van der Waals surface area contributed by atoms with Crippen LogP contribution in [0.3, 0.4) is 0 Å². The van der Waals surface area contributed by atoms with Crippen LogP contribution in [0, 0.1) is 11.3 Å². The molecule has 4 rings (SSSR count). The fourth-order valence-corrected chi connectivity index (χ4v) is 2.78. The van der Waals surface area contributed by atoms with E-state index in [1.54, 1.807) is 18.2 Å². The lowest BCUT2D eigenvalue weighted by Crippen LogP contribution is -2.13. The lowest BCUT2D eigenvalue weighted by Gasteiger charge is -2.06. The van der Waals surface area contributed by atoms with Gasteiger partial charge in [0, 0.05) is 5.69 Å². The first-order chi connectivity index (χ1) is 12.7. The van der Waals surface area contributed by atoms with Gasteiger partial charge in [0.2, 0.25) is 6.79 Å². The van der Waals surface area contributed by atoms with Crippen molar-refractivity contribution in [3.8, 4) is 17.6 Å². The molecule has 0 fully saturated rings. The highest BCUT2D eigenvalue weighted by molar-refractivity contribution is 6.10. The van der Waals surface area contributed by atoms with Gasteiger partial charge in [0.25, 0.3) is 5.91 Å². The van der Waals surface area contributed by atoms with Gasteiger partial charge in [0.05, 0.1) is 0 Å². The fraction of sp³-hybridized carbons (Fsp3) is 0.0476. The van der Waals surface area contributed by atoms with Crippen LogP contribution in [-0.2, 0) is 4.79 Å². The van der Waals surface area contributed by atoms with Gasteiger partial charge in [-0.1, -0.05) is 36.4 Å². The molecule has 1 N–H and O–H groups in total. The van der Waals surface area contributed by atoms with Gasteiger partial charge < -0.3 is 14.8 Å². The summed E-state index contributed by atoms with van der Waals surface area (Å²) in [6.45, 7) is 0.177. The first kappa shape index (κ1) is 15.7. The third-order valence-electron chi connectivity index (χ3n) is 4.08. The number of hydrogen-bond acceptors (Lipinski definition) is 4. The van der Waals surface area contributed by atoms with Crippen molar-refractivity contribution < 1.29 is 14.3 Å². The smallest absolute Gasteiger partial charge is 0.266 e. The fourth-order valence-electron chi connectivity index (χ4n) is 2.78. The molecule has 0 aromatic heterocycles. The number of nitrogens with zero attached hydrogens (tertiary/aromatic N) is 1. The zero-order valence-electron chi connectivity index (χ0n) is 13.7. The summed E-state index contributed by atoms with van der Waals surface area (Å²) in [5.41, 5.74) is 1.34. The van der Waals surface area contributed by atoms with Gasteiger partial charge in [0.15, 0.2) is 11.5 Å². The van der Waals surface area contributed by atoms with Crippen LogP contribution in [0.5, 0.6) is 11.5 Å². The van der Waals surface area contributed by atoms with Crippen LogP contribution in [0.2, 0.25) is 0 Å². The number of carbonyl (C=O) groups excluding carboxylic acids is 1. The second-order valence-electron chi connectivity index (χ2n) is 5.80. The van der Waals surface area contributed by atoms with Gasteiger partial charge in [-0.15, -0.1) is 0 Å². The third kappa shape index (κ3) is 3.08. The summed E-state index contributed by atoms with van der Waals surface area (Å²) in [4.78, 5) is 12.5. The highest BCUT2D eigenvalue weighted by Gasteiger charge is 2.14. The Balaban J connectivity index is 1.57. The van der Waals surface area contributed by atoms with Gasteiger partial charge in [-0.25, -0.2) is 0 Å². The number of ether oxygens (including phenoxy) is 2. The van der Waals surface area contributed by atoms with Gasteiger partial charge >= 0.3 is 0 Å².